The van der Waals surface area contributed by atoms with Crippen LogP contribution in [0.5, 0.6) is 0 Å². The fourth-order valence-corrected chi connectivity index (χ4v) is 4.50. The number of carbonyl (C=O) groups excluding carboxylic acids is 2. The summed E-state index contributed by atoms with van der Waals surface area (Å²) in [5.41, 5.74) is 0.784. The van der Waals surface area contributed by atoms with Crippen LogP contribution in [0.15, 0.2) is 28.8 Å². The second kappa shape index (κ2) is 10.8. The molecule has 35 heavy (non-hydrogen) atoms. The molecule has 10 nitrogen and oxygen atoms in total. The molecule has 3 N–H and O–H groups in total. The predicted molar refractivity (Wildman–Crippen MR) is 130 cm³/mol. The molecule has 1 saturated carbocycles. The zero-order chi connectivity index (χ0) is 24.8. The van der Waals surface area contributed by atoms with Crippen LogP contribution in [-0.4, -0.2) is 37.1 Å². The third-order valence-corrected chi connectivity index (χ3v) is 6.33. The Morgan fingerprint density at radius 2 is 1.86 bits per heavy atom. The first-order chi connectivity index (χ1) is 16.9. The third kappa shape index (κ3) is 5.93. The minimum Gasteiger partial charge on any atom is -0.343 e. The molecule has 1 aliphatic carbocycles. The molecular formula is C25H33N7O3. The lowest BCUT2D eigenvalue weighted by Gasteiger charge is -2.30. The third-order valence-electron chi connectivity index (χ3n) is 6.33. The van der Waals surface area contributed by atoms with E-state index in [1.165, 1.54) is 6.92 Å². The van der Waals surface area contributed by atoms with Crippen molar-refractivity contribution in [3.05, 3.63) is 41.8 Å². The summed E-state index contributed by atoms with van der Waals surface area (Å²) in [5.74, 6) is 2.15. The van der Waals surface area contributed by atoms with E-state index in [9.17, 15) is 9.59 Å². The van der Waals surface area contributed by atoms with E-state index in [1.807, 2.05) is 38.1 Å². The Hall–Kier alpha value is -3.56. The number of aromatic amines is 1. The van der Waals surface area contributed by atoms with Crippen LogP contribution >= 0.6 is 0 Å². The summed E-state index contributed by atoms with van der Waals surface area (Å²) >= 11 is 0. The van der Waals surface area contributed by atoms with Crippen molar-refractivity contribution in [3.63, 3.8) is 0 Å². The minimum atomic E-state index is -0.601. The molecule has 10 heteroatoms. The van der Waals surface area contributed by atoms with E-state index in [1.54, 1.807) is 0 Å². The summed E-state index contributed by atoms with van der Waals surface area (Å²) in [6.07, 6.45) is 6.28. The number of nitrogens with one attached hydrogen (secondary N) is 3. The number of aromatic nitrogens is 5. The molecule has 2 aromatic heterocycles. The largest absolute Gasteiger partial charge is 0.343 e. The van der Waals surface area contributed by atoms with Gasteiger partial charge < -0.3 is 15.2 Å². The van der Waals surface area contributed by atoms with E-state index in [-0.39, 0.29) is 24.2 Å². The van der Waals surface area contributed by atoms with Gasteiger partial charge in [-0.3, -0.25) is 14.7 Å². The Morgan fingerprint density at radius 1 is 1.11 bits per heavy atom. The lowest BCUT2D eigenvalue weighted by Crippen LogP contribution is -2.45. The molecule has 0 aliphatic heterocycles. The molecule has 0 radical (unpaired) electrons. The first-order valence-corrected chi connectivity index (χ1v) is 12.3. The van der Waals surface area contributed by atoms with Gasteiger partial charge in [0.05, 0.1) is 5.69 Å². The van der Waals surface area contributed by atoms with Crippen molar-refractivity contribution < 1.29 is 14.1 Å². The molecule has 186 valence electrons. The van der Waals surface area contributed by atoms with Gasteiger partial charge in [0, 0.05) is 31.2 Å². The van der Waals surface area contributed by atoms with Gasteiger partial charge in [-0.05, 0) is 25.0 Å². The smallest absolute Gasteiger partial charge is 0.227 e. The second-order valence-corrected chi connectivity index (χ2v) is 9.48. The average Bonchev–Trinajstić information content (AvgIpc) is 3.45. The van der Waals surface area contributed by atoms with Crippen LogP contribution in [0.25, 0.3) is 11.4 Å². The number of para-hydroxylation sites is 1. The van der Waals surface area contributed by atoms with Crippen molar-refractivity contribution in [2.75, 3.05) is 5.32 Å². The molecule has 3 aromatic rings. The highest BCUT2D eigenvalue weighted by Gasteiger charge is 2.38. The van der Waals surface area contributed by atoms with Gasteiger partial charge in [-0.15, -0.1) is 0 Å². The first-order valence-electron chi connectivity index (χ1n) is 12.3. The molecule has 2 heterocycles. The fraction of sp³-hybridized carbons (Fsp3) is 0.520. The maximum absolute atomic E-state index is 12.7. The highest BCUT2D eigenvalue weighted by molar-refractivity contribution is 5.94. The topological polar surface area (TPSA) is 139 Å². The molecule has 0 unspecified atom stereocenters. The summed E-state index contributed by atoms with van der Waals surface area (Å²) in [7, 11) is 0. The molecule has 0 saturated heterocycles. The van der Waals surface area contributed by atoms with Gasteiger partial charge in [-0.1, -0.05) is 56.8 Å². The number of anilines is 1. The van der Waals surface area contributed by atoms with E-state index >= 15 is 0 Å². The average molecular weight is 480 g/mol. The summed E-state index contributed by atoms with van der Waals surface area (Å²) < 4.78 is 5.47. The van der Waals surface area contributed by atoms with Crippen LogP contribution in [-0.2, 0) is 21.5 Å². The van der Waals surface area contributed by atoms with E-state index in [4.69, 9.17) is 4.52 Å². The highest BCUT2D eigenvalue weighted by atomic mass is 16.5. The van der Waals surface area contributed by atoms with Crippen LogP contribution in [0.1, 0.15) is 89.2 Å². The van der Waals surface area contributed by atoms with Crippen LogP contribution in [0.3, 0.4) is 0 Å². The van der Waals surface area contributed by atoms with Crippen molar-refractivity contribution in [2.45, 2.75) is 83.6 Å². The molecular weight excluding hydrogens is 446 g/mol. The number of amides is 2. The Morgan fingerprint density at radius 3 is 2.54 bits per heavy atom. The van der Waals surface area contributed by atoms with Gasteiger partial charge in [-0.25, -0.2) is 4.98 Å². The molecule has 0 spiro atoms. The van der Waals surface area contributed by atoms with Crippen molar-refractivity contribution in [1.29, 1.82) is 0 Å². The number of rotatable bonds is 8. The van der Waals surface area contributed by atoms with Crippen molar-refractivity contribution in [2.24, 2.45) is 0 Å². The maximum Gasteiger partial charge on any atom is 0.227 e. The van der Waals surface area contributed by atoms with E-state index in [2.05, 4.69) is 36.0 Å². The molecule has 1 aliphatic rings. The van der Waals surface area contributed by atoms with E-state index < -0.39 is 5.54 Å². The Kier molecular flexibility index (Phi) is 7.57. The summed E-state index contributed by atoms with van der Waals surface area (Å²) in [4.78, 5) is 33.7. The van der Waals surface area contributed by atoms with Crippen LogP contribution in [0, 0.1) is 0 Å². The van der Waals surface area contributed by atoms with Gasteiger partial charge in [0.15, 0.2) is 11.6 Å². The zero-order valence-corrected chi connectivity index (χ0v) is 20.6. The van der Waals surface area contributed by atoms with Crippen molar-refractivity contribution in [1.82, 2.24) is 30.6 Å². The minimum absolute atomic E-state index is 0.108. The quantitative estimate of drug-likeness (QED) is 0.411. The molecule has 2 amide bonds. The molecule has 1 aromatic carbocycles. The monoisotopic (exact) mass is 479 g/mol. The Labute approximate surface area is 204 Å². The first kappa shape index (κ1) is 24.6. The zero-order valence-electron chi connectivity index (χ0n) is 20.6. The number of aryl methyl sites for hydroxylation is 1. The van der Waals surface area contributed by atoms with Crippen LogP contribution in [0.4, 0.5) is 5.69 Å². The number of carbonyl (C=O) groups is 2. The summed E-state index contributed by atoms with van der Waals surface area (Å²) in [6.45, 7) is 5.58. The molecule has 0 atom stereocenters. The van der Waals surface area contributed by atoms with Gasteiger partial charge in [0.2, 0.25) is 17.7 Å². The van der Waals surface area contributed by atoms with Gasteiger partial charge in [0.1, 0.15) is 11.4 Å². The number of hydrogen-bond acceptors (Lipinski definition) is 7. The molecule has 4 rings (SSSR count). The van der Waals surface area contributed by atoms with Gasteiger partial charge in [0.25, 0.3) is 0 Å². The van der Waals surface area contributed by atoms with Gasteiger partial charge in [-0.2, -0.15) is 10.1 Å². The number of H-pyrrole nitrogens is 1. The molecule has 1 fully saturated rings. The van der Waals surface area contributed by atoms with Crippen molar-refractivity contribution in [3.8, 4) is 11.4 Å². The Balaban J connectivity index is 1.42. The normalized spacial score (nSPS) is 15.5. The standard InChI is InChI=1S/C25H33N7O3/c1-16(2)22-28-23(31-30-22)18-10-6-7-11-19(18)26-20(34)12-13-21-27-24(32-35-21)25(29-17(3)33)14-8-4-5-9-15-25/h6-7,10-11,16H,4-5,8-9,12-15H2,1-3H3,(H,26,34)(H,29,33)(H,28,30,31). The number of hydrogen-bond donors (Lipinski definition) is 3. The Bertz CT molecular complexity index is 1160. The maximum atomic E-state index is 12.7. The second-order valence-electron chi connectivity index (χ2n) is 9.48. The SMILES string of the molecule is CC(=O)NC1(c2noc(CCC(=O)Nc3ccccc3-c3n[nH]c(C(C)C)n3)n2)CCCCCC1. The fourth-order valence-electron chi connectivity index (χ4n) is 4.50. The lowest BCUT2D eigenvalue weighted by molar-refractivity contribution is -0.121. The van der Waals surface area contributed by atoms with Crippen LogP contribution < -0.4 is 10.6 Å². The highest BCUT2D eigenvalue weighted by Crippen LogP contribution is 2.34. The number of nitrogens with zero attached hydrogens (tertiary/aromatic N) is 4. The molecule has 0 bridgehead atoms. The number of benzene rings is 1. The van der Waals surface area contributed by atoms with E-state index in [0.29, 0.717) is 29.6 Å². The lowest BCUT2D eigenvalue weighted by atomic mass is 9.89. The summed E-state index contributed by atoms with van der Waals surface area (Å²) in [6, 6.07) is 7.44. The van der Waals surface area contributed by atoms with E-state index in [0.717, 1.165) is 49.9 Å². The van der Waals surface area contributed by atoms with Gasteiger partial charge >= 0.3 is 0 Å². The predicted octanol–water partition coefficient (Wildman–Crippen LogP) is 4.24. The van der Waals surface area contributed by atoms with Crippen LogP contribution in [0.2, 0.25) is 0 Å². The summed E-state index contributed by atoms with van der Waals surface area (Å²) in [5, 5.41) is 17.5. The van der Waals surface area contributed by atoms with Crippen molar-refractivity contribution >= 4 is 17.5 Å².